The summed E-state index contributed by atoms with van der Waals surface area (Å²) in [6.07, 6.45) is 0. The van der Waals surface area contributed by atoms with Crippen molar-refractivity contribution in [2.24, 2.45) is 0 Å². The highest BCUT2D eigenvalue weighted by Crippen LogP contribution is 2.19. The summed E-state index contributed by atoms with van der Waals surface area (Å²) >= 11 is 1.13. The molecule has 1 aromatic heterocycles. The van der Waals surface area contributed by atoms with E-state index in [0.717, 1.165) is 11.3 Å². The molecular formula is C20H17N3O5S. The van der Waals surface area contributed by atoms with E-state index in [-0.39, 0.29) is 11.6 Å². The maximum atomic E-state index is 12.4. The van der Waals surface area contributed by atoms with Gasteiger partial charge in [-0.15, -0.1) is 11.3 Å². The lowest BCUT2D eigenvalue weighted by Crippen LogP contribution is -2.14. The van der Waals surface area contributed by atoms with Crippen LogP contribution < -0.4 is 15.4 Å². The molecule has 1 heterocycles. The van der Waals surface area contributed by atoms with Gasteiger partial charge in [-0.1, -0.05) is 6.07 Å². The van der Waals surface area contributed by atoms with Crippen molar-refractivity contribution in [1.29, 1.82) is 0 Å². The Morgan fingerprint density at radius 1 is 0.931 bits per heavy atom. The fourth-order valence-electron chi connectivity index (χ4n) is 2.38. The van der Waals surface area contributed by atoms with Crippen LogP contribution in [0.4, 0.5) is 10.8 Å². The number of ether oxygens (including phenoxy) is 2. The van der Waals surface area contributed by atoms with Crippen LogP contribution in [0.3, 0.4) is 0 Å². The van der Waals surface area contributed by atoms with Gasteiger partial charge in [-0.3, -0.25) is 14.9 Å². The van der Waals surface area contributed by atoms with E-state index in [1.54, 1.807) is 49.6 Å². The third kappa shape index (κ3) is 4.96. The molecule has 0 saturated carbocycles. The van der Waals surface area contributed by atoms with Crippen LogP contribution in [-0.4, -0.2) is 37.0 Å². The summed E-state index contributed by atoms with van der Waals surface area (Å²) in [6, 6.07) is 13.0. The Balaban J connectivity index is 1.65. The highest BCUT2D eigenvalue weighted by Gasteiger charge is 2.14. The highest BCUT2D eigenvalue weighted by atomic mass is 32.1. The Labute approximate surface area is 170 Å². The molecule has 8 nitrogen and oxygen atoms in total. The first-order chi connectivity index (χ1) is 14.0. The Bertz CT molecular complexity index is 1050. The van der Waals surface area contributed by atoms with Gasteiger partial charge in [-0.05, 0) is 42.5 Å². The number of esters is 1. The van der Waals surface area contributed by atoms with Crippen LogP contribution in [0.2, 0.25) is 0 Å². The number of carbonyl (C=O) groups is 3. The summed E-state index contributed by atoms with van der Waals surface area (Å²) < 4.78 is 9.72. The lowest BCUT2D eigenvalue weighted by Gasteiger charge is -2.05. The van der Waals surface area contributed by atoms with E-state index in [1.165, 1.54) is 18.6 Å². The van der Waals surface area contributed by atoms with Crippen LogP contribution in [0, 0.1) is 0 Å². The maximum absolute atomic E-state index is 12.4. The first-order valence-electron chi connectivity index (χ1n) is 8.41. The number of anilines is 2. The average Bonchev–Trinajstić information content (AvgIpc) is 3.22. The standard InChI is InChI=1S/C20H17N3O5S/c1-27-15-8-6-12(7-9-15)17(24)23-20-22-16(11-29-20)18(25)21-14-5-3-4-13(10-14)19(26)28-2/h3-11H,1-2H3,(H,21,25)(H,22,23,24). The number of nitrogens with zero attached hydrogens (tertiary/aromatic N) is 1. The van der Waals surface area contributed by atoms with Crippen LogP contribution in [0.5, 0.6) is 5.75 Å². The van der Waals surface area contributed by atoms with Crippen LogP contribution in [0.15, 0.2) is 53.9 Å². The molecule has 0 fully saturated rings. The average molecular weight is 411 g/mol. The normalized spacial score (nSPS) is 10.1. The van der Waals surface area contributed by atoms with Crippen LogP contribution >= 0.6 is 11.3 Å². The molecular weight excluding hydrogens is 394 g/mol. The monoisotopic (exact) mass is 411 g/mol. The van der Waals surface area contributed by atoms with Crippen LogP contribution in [0.1, 0.15) is 31.2 Å². The zero-order chi connectivity index (χ0) is 20.8. The summed E-state index contributed by atoms with van der Waals surface area (Å²) in [4.78, 5) is 40.4. The number of hydrogen-bond donors (Lipinski definition) is 2. The maximum Gasteiger partial charge on any atom is 0.337 e. The lowest BCUT2D eigenvalue weighted by molar-refractivity contribution is 0.0600. The van der Waals surface area contributed by atoms with Gasteiger partial charge in [0, 0.05) is 16.6 Å². The quantitative estimate of drug-likeness (QED) is 0.602. The molecule has 0 bridgehead atoms. The second-order valence-electron chi connectivity index (χ2n) is 5.75. The minimum atomic E-state index is -0.502. The number of amides is 2. The van der Waals surface area contributed by atoms with Gasteiger partial charge in [0.1, 0.15) is 11.4 Å². The van der Waals surface area contributed by atoms with E-state index in [4.69, 9.17) is 4.74 Å². The molecule has 0 aliphatic rings. The largest absolute Gasteiger partial charge is 0.497 e. The van der Waals surface area contributed by atoms with Crippen molar-refractivity contribution in [2.75, 3.05) is 24.9 Å². The van der Waals surface area contributed by atoms with Crippen molar-refractivity contribution in [2.45, 2.75) is 0 Å². The molecule has 0 spiro atoms. The molecule has 3 rings (SSSR count). The van der Waals surface area contributed by atoms with Gasteiger partial charge in [0.2, 0.25) is 0 Å². The van der Waals surface area contributed by atoms with E-state index in [9.17, 15) is 14.4 Å². The van der Waals surface area contributed by atoms with Gasteiger partial charge in [0.05, 0.1) is 19.8 Å². The molecule has 0 aliphatic heterocycles. The summed E-state index contributed by atoms with van der Waals surface area (Å²) in [6.45, 7) is 0. The molecule has 0 radical (unpaired) electrons. The second kappa shape index (κ2) is 8.98. The lowest BCUT2D eigenvalue weighted by atomic mass is 10.2. The SMILES string of the molecule is COC(=O)c1cccc(NC(=O)c2csc(NC(=O)c3ccc(OC)cc3)n2)c1. The fraction of sp³-hybridized carbons (Fsp3) is 0.100. The molecule has 2 N–H and O–H groups in total. The number of thiazole rings is 1. The number of methoxy groups -OCH3 is 2. The number of nitrogens with one attached hydrogen (secondary N) is 2. The molecule has 9 heteroatoms. The van der Waals surface area contributed by atoms with Crippen molar-refractivity contribution in [3.05, 3.63) is 70.7 Å². The minimum Gasteiger partial charge on any atom is -0.497 e. The molecule has 2 aromatic carbocycles. The van der Waals surface area contributed by atoms with Gasteiger partial charge in [0.15, 0.2) is 5.13 Å². The Kier molecular flexibility index (Phi) is 6.20. The third-order valence-corrected chi connectivity index (χ3v) is 4.61. The predicted molar refractivity (Wildman–Crippen MR) is 109 cm³/mol. The topological polar surface area (TPSA) is 107 Å². The van der Waals surface area contributed by atoms with E-state index < -0.39 is 11.9 Å². The molecule has 2 amide bonds. The summed E-state index contributed by atoms with van der Waals surface area (Å²) in [5.74, 6) is -0.669. The summed E-state index contributed by atoms with van der Waals surface area (Å²) in [5.41, 5.74) is 1.32. The van der Waals surface area contributed by atoms with E-state index in [1.807, 2.05) is 0 Å². The Hall–Kier alpha value is -3.72. The van der Waals surface area contributed by atoms with Gasteiger partial charge in [-0.25, -0.2) is 9.78 Å². The number of aromatic nitrogens is 1. The Morgan fingerprint density at radius 3 is 2.38 bits per heavy atom. The molecule has 3 aromatic rings. The highest BCUT2D eigenvalue weighted by molar-refractivity contribution is 7.14. The number of carbonyl (C=O) groups excluding carboxylic acids is 3. The van der Waals surface area contributed by atoms with E-state index in [0.29, 0.717) is 27.7 Å². The molecule has 0 atom stereocenters. The Morgan fingerprint density at radius 2 is 1.69 bits per heavy atom. The summed E-state index contributed by atoms with van der Waals surface area (Å²) in [5, 5.41) is 7.13. The van der Waals surface area contributed by atoms with Gasteiger partial charge in [0.25, 0.3) is 11.8 Å². The zero-order valence-corrected chi connectivity index (χ0v) is 16.4. The predicted octanol–water partition coefficient (Wildman–Crippen LogP) is 3.44. The molecule has 0 unspecified atom stereocenters. The van der Waals surface area contributed by atoms with Crippen molar-refractivity contribution in [1.82, 2.24) is 4.98 Å². The van der Waals surface area contributed by atoms with Crippen molar-refractivity contribution in [3.8, 4) is 5.75 Å². The van der Waals surface area contributed by atoms with Crippen molar-refractivity contribution >= 4 is 39.9 Å². The first kappa shape index (κ1) is 20.0. The smallest absolute Gasteiger partial charge is 0.337 e. The van der Waals surface area contributed by atoms with Crippen LogP contribution in [0.25, 0.3) is 0 Å². The van der Waals surface area contributed by atoms with E-state index in [2.05, 4.69) is 20.4 Å². The fourth-order valence-corrected chi connectivity index (χ4v) is 3.07. The zero-order valence-electron chi connectivity index (χ0n) is 15.6. The first-order valence-corrected chi connectivity index (χ1v) is 9.29. The summed E-state index contributed by atoms with van der Waals surface area (Å²) in [7, 11) is 2.83. The van der Waals surface area contributed by atoms with Gasteiger partial charge in [-0.2, -0.15) is 0 Å². The molecule has 148 valence electrons. The van der Waals surface area contributed by atoms with Gasteiger partial charge >= 0.3 is 5.97 Å². The third-order valence-electron chi connectivity index (χ3n) is 3.85. The number of rotatable bonds is 6. The van der Waals surface area contributed by atoms with Gasteiger partial charge < -0.3 is 14.8 Å². The number of benzene rings is 2. The number of hydrogen-bond acceptors (Lipinski definition) is 7. The molecule has 29 heavy (non-hydrogen) atoms. The molecule has 0 saturated heterocycles. The van der Waals surface area contributed by atoms with Crippen molar-refractivity contribution in [3.63, 3.8) is 0 Å². The van der Waals surface area contributed by atoms with E-state index >= 15 is 0 Å². The second-order valence-corrected chi connectivity index (χ2v) is 6.61. The minimum absolute atomic E-state index is 0.142. The van der Waals surface area contributed by atoms with Crippen LogP contribution in [-0.2, 0) is 4.74 Å². The molecule has 0 aliphatic carbocycles. The van der Waals surface area contributed by atoms with Crippen molar-refractivity contribution < 1.29 is 23.9 Å².